The van der Waals surface area contributed by atoms with E-state index in [2.05, 4.69) is 15.5 Å². The summed E-state index contributed by atoms with van der Waals surface area (Å²) >= 11 is 7.77. The third-order valence-corrected chi connectivity index (χ3v) is 4.27. The smallest absolute Gasteiger partial charge is 0.149 e. The molecule has 0 bridgehead atoms. The molecule has 0 unspecified atom stereocenters. The van der Waals surface area contributed by atoms with Gasteiger partial charge in [0.1, 0.15) is 10.0 Å². The molecule has 94 valence electrons. The summed E-state index contributed by atoms with van der Waals surface area (Å²) in [5.41, 5.74) is 0.970. The molecule has 2 aromatic rings. The van der Waals surface area contributed by atoms with Gasteiger partial charge in [0.2, 0.25) is 0 Å². The van der Waals surface area contributed by atoms with Crippen molar-refractivity contribution in [2.45, 2.75) is 25.3 Å². The molecular formula is C13H14ClN3S. The summed E-state index contributed by atoms with van der Waals surface area (Å²) in [6.45, 7) is 0.988. The number of rotatable bonds is 5. The van der Waals surface area contributed by atoms with E-state index >= 15 is 0 Å². The third-order valence-electron chi connectivity index (χ3n) is 2.92. The zero-order valence-corrected chi connectivity index (χ0v) is 11.5. The molecule has 1 aliphatic rings. The molecule has 1 N–H and O–H groups in total. The fourth-order valence-electron chi connectivity index (χ4n) is 1.77. The molecule has 1 aliphatic carbocycles. The van der Waals surface area contributed by atoms with E-state index < -0.39 is 0 Å². The molecule has 18 heavy (non-hydrogen) atoms. The summed E-state index contributed by atoms with van der Waals surface area (Å²) in [5.74, 6) is 0. The van der Waals surface area contributed by atoms with Gasteiger partial charge < -0.3 is 5.32 Å². The predicted octanol–water partition coefficient (Wildman–Crippen LogP) is 3.15. The van der Waals surface area contributed by atoms with E-state index in [9.17, 15) is 0 Å². The number of aromatic nitrogens is 2. The molecule has 1 heterocycles. The Labute approximate surface area is 115 Å². The van der Waals surface area contributed by atoms with Gasteiger partial charge in [-0.2, -0.15) is 0 Å². The second-order valence-electron chi connectivity index (χ2n) is 4.46. The lowest BCUT2D eigenvalue weighted by atomic mass is 10.2. The van der Waals surface area contributed by atoms with Crippen LogP contribution in [0.5, 0.6) is 0 Å². The number of hydrogen-bond acceptors (Lipinski definition) is 4. The Hall–Kier alpha value is -0.970. The van der Waals surface area contributed by atoms with Gasteiger partial charge in [0.25, 0.3) is 0 Å². The van der Waals surface area contributed by atoms with Crippen molar-refractivity contribution in [2.75, 3.05) is 6.54 Å². The van der Waals surface area contributed by atoms with E-state index in [0.717, 1.165) is 39.6 Å². The first-order chi connectivity index (χ1) is 8.83. The van der Waals surface area contributed by atoms with E-state index in [1.807, 2.05) is 24.3 Å². The Kier molecular flexibility index (Phi) is 3.59. The average molecular weight is 280 g/mol. The Morgan fingerprint density at radius 1 is 1.28 bits per heavy atom. The topological polar surface area (TPSA) is 37.8 Å². The SMILES string of the molecule is Clc1ccccc1-c1nnc(CCNC2CC2)s1. The molecule has 0 atom stereocenters. The number of hydrogen-bond donors (Lipinski definition) is 1. The van der Waals surface area contributed by atoms with Crippen LogP contribution in [0.3, 0.4) is 0 Å². The number of halogens is 1. The predicted molar refractivity (Wildman–Crippen MR) is 75.1 cm³/mol. The van der Waals surface area contributed by atoms with Gasteiger partial charge in [-0.1, -0.05) is 41.1 Å². The molecular weight excluding hydrogens is 266 g/mol. The van der Waals surface area contributed by atoms with Gasteiger partial charge in [-0.3, -0.25) is 0 Å². The third kappa shape index (κ3) is 2.88. The summed E-state index contributed by atoms with van der Waals surface area (Å²) in [6.07, 6.45) is 3.58. The molecule has 1 fully saturated rings. The normalized spacial score (nSPS) is 14.9. The summed E-state index contributed by atoms with van der Waals surface area (Å²) in [6, 6.07) is 8.51. The highest BCUT2D eigenvalue weighted by Crippen LogP contribution is 2.29. The van der Waals surface area contributed by atoms with Crippen LogP contribution in [0.4, 0.5) is 0 Å². The van der Waals surface area contributed by atoms with E-state index in [-0.39, 0.29) is 0 Å². The van der Waals surface area contributed by atoms with Crippen LogP contribution in [0.2, 0.25) is 5.02 Å². The van der Waals surface area contributed by atoms with Gasteiger partial charge in [0, 0.05) is 24.6 Å². The van der Waals surface area contributed by atoms with Crippen LogP contribution in [-0.4, -0.2) is 22.8 Å². The minimum atomic E-state index is 0.733. The van der Waals surface area contributed by atoms with Crippen molar-refractivity contribution in [3.63, 3.8) is 0 Å². The van der Waals surface area contributed by atoms with Gasteiger partial charge in [0.15, 0.2) is 0 Å². The average Bonchev–Trinajstić information content (AvgIpc) is 3.08. The van der Waals surface area contributed by atoms with Crippen molar-refractivity contribution in [1.82, 2.24) is 15.5 Å². The maximum absolute atomic E-state index is 6.15. The van der Waals surface area contributed by atoms with Crippen molar-refractivity contribution in [1.29, 1.82) is 0 Å². The fourth-order valence-corrected chi connectivity index (χ4v) is 2.93. The van der Waals surface area contributed by atoms with E-state index in [1.165, 1.54) is 12.8 Å². The number of nitrogens with zero attached hydrogens (tertiary/aromatic N) is 2. The molecule has 0 amide bonds. The van der Waals surface area contributed by atoms with Crippen LogP contribution in [0.15, 0.2) is 24.3 Å². The lowest BCUT2D eigenvalue weighted by Crippen LogP contribution is -2.19. The Bertz CT molecular complexity index is 537. The highest BCUT2D eigenvalue weighted by molar-refractivity contribution is 7.14. The quantitative estimate of drug-likeness (QED) is 0.914. The molecule has 1 saturated carbocycles. The second kappa shape index (κ2) is 5.34. The molecule has 0 saturated heterocycles. The Balaban J connectivity index is 1.66. The van der Waals surface area contributed by atoms with E-state index in [0.29, 0.717) is 0 Å². The molecule has 1 aromatic heterocycles. The van der Waals surface area contributed by atoms with Gasteiger partial charge >= 0.3 is 0 Å². The molecule has 0 aliphatic heterocycles. The Morgan fingerprint density at radius 3 is 2.89 bits per heavy atom. The van der Waals surface area contributed by atoms with Crippen molar-refractivity contribution < 1.29 is 0 Å². The molecule has 3 rings (SSSR count). The first-order valence-electron chi connectivity index (χ1n) is 6.13. The first-order valence-corrected chi connectivity index (χ1v) is 7.33. The van der Waals surface area contributed by atoms with Crippen LogP contribution in [0.1, 0.15) is 17.8 Å². The molecule has 3 nitrogen and oxygen atoms in total. The monoisotopic (exact) mass is 279 g/mol. The molecule has 1 aromatic carbocycles. The van der Waals surface area contributed by atoms with E-state index in [4.69, 9.17) is 11.6 Å². The highest BCUT2D eigenvalue weighted by Gasteiger charge is 2.20. The van der Waals surface area contributed by atoms with Crippen molar-refractivity contribution in [3.8, 4) is 10.6 Å². The summed E-state index contributed by atoms with van der Waals surface area (Å²) in [4.78, 5) is 0. The molecule has 0 radical (unpaired) electrons. The first kappa shape index (κ1) is 12.1. The highest BCUT2D eigenvalue weighted by atomic mass is 35.5. The van der Waals surface area contributed by atoms with Gasteiger partial charge in [-0.15, -0.1) is 10.2 Å². The van der Waals surface area contributed by atoms with Gasteiger partial charge in [-0.05, 0) is 18.9 Å². The van der Waals surface area contributed by atoms with Gasteiger partial charge in [0.05, 0.1) is 5.02 Å². The lowest BCUT2D eigenvalue weighted by molar-refractivity contribution is 0.677. The van der Waals surface area contributed by atoms with Crippen molar-refractivity contribution >= 4 is 22.9 Å². The van der Waals surface area contributed by atoms with Gasteiger partial charge in [-0.25, -0.2) is 0 Å². The van der Waals surface area contributed by atoms with Crippen LogP contribution in [0.25, 0.3) is 10.6 Å². The zero-order valence-electron chi connectivity index (χ0n) is 9.90. The fraction of sp³-hybridized carbons (Fsp3) is 0.385. The van der Waals surface area contributed by atoms with Crippen LogP contribution in [-0.2, 0) is 6.42 Å². The lowest BCUT2D eigenvalue weighted by Gasteiger charge is -1.98. The summed E-state index contributed by atoms with van der Waals surface area (Å²) in [7, 11) is 0. The molecule has 0 spiro atoms. The second-order valence-corrected chi connectivity index (χ2v) is 5.93. The Morgan fingerprint density at radius 2 is 2.11 bits per heavy atom. The zero-order chi connectivity index (χ0) is 12.4. The van der Waals surface area contributed by atoms with Crippen LogP contribution < -0.4 is 5.32 Å². The van der Waals surface area contributed by atoms with Crippen LogP contribution >= 0.6 is 22.9 Å². The van der Waals surface area contributed by atoms with Crippen LogP contribution in [0, 0.1) is 0 Å². The maximum atomic E-state index is 6.15. The minimum absolute atomic E-state index is 0.733. The summed E-state index contributed by atoms with van der Waals surface area (Å²) < 4.78 is 0. The standard InChI is InChI=1S/C13H14ClN3S/c14-11-4-2-1-3-10(11)13-17-16-12(18-13)7-8-15-9-5-6-9/h1-4,9,15H,5-8H2. The summed E-state index contributed by atoms with van der Waals surface area (Å²) in [5, 5.41) is 14.6. The van der Waals surface area contributed by atoms with E-state index in [1.54, 1.807) is 11.3 Å². The number of benzene rings is 1. The van der Waals surface area contributed by atoms with Crippen molar-refractivity contribution in [3.05, 3.63) is 34.3 Å². The largest absolute Gasteiger partial charge is 0.314 e. The molecule has 5 heteroatoms. The minimum Gasteiger partial charge on any atom is -0.314 e. The maximum Gasteiger partial charge on any atom is 0.149 e. The van der Waals surface area contributed by atoms with Crippen molar-refractivity contribution in [2.24, 2.45) is 0 Å². The number of nitrogens with one attached hydrogen (secondary N) is 1.